The van der Waals surface area contributed by atoms with Crippen molar-refractivity contribution >= 4 is 42.6 Å². The van der Waals surface area contributed by atoms with Gasteiger partial charge in [-0.15, -0.1) is 0 Å². The quantitative estimate of drug-likeness (QED) is 0.530. The second kappa shape index (κ2) is 9.24. The zero-order valence-corrected chi connectivity index (χ0v) is 19.4. The lowest BCUT2D eigenvalue weighted by Gasteiger charge is -2.21. The van der Waals surface area contributed by atoms with E-state index in [2.05, 4.69) is 16.4 Å². The van der Waals surface area contributed by atoms with Crippen molar-refractivity contribution in [3.63, 3.8) is 0 Å². The van der Waals surface area contributed by atoms with Crippen molar-refractivity contribution in [2.45, 2.75) is 45.4 Å². The van der Waals surface area contributed by atoms with Crippen molar-refractivity contribution in [3.05, 3.63) is 53.1 Å². The number of rotatable bonds is 8. The van der Waals surface area contributed by atoms with Crippen LogP contribution in [0.5, 0.6) is 0 Å². The Morgan fingerprint density at radius 2 is 1.70 bits per heavy atom. The first-order valence-corrected chi connectivity index (χ1v) is 12.3. The van der Waals surface area contributed by atoms with E-state index in [4.69, 9.17) is 0 Å². The fraction of sp³-hybridized carbons (Fsp3) is 0.364. The number of aromatic nitrogens is 1. The maximum Gasteiger partial charge on any atom is 0.257 e. The summed E-state index contributed by atoms with van der Waals surface area (Å²) in [7, 11) is -3.56. The third-order valence-corrected chi connectivity index (χ3v) is 7.58. The molecule has 30 heavy (non-hydrogen) atoms. The van der Waals surface area contributed by atoms with Gasteiger partial charge in [0.2, 0.25) is 10.0 Å². The second-order valence-electron chi connectivity index (χ2n) is 7.33. The average molecular weight is 446 g/mol. The summed E-state index contributed by atoms with van der Waals surface area (Å²) in [5.74, 6) is -0.314. The Hall–Kier alpha value is -2.29. The first-order chi connectivity index (χ1) is 14.3. The summed E-state index contributed by atoms with van der Waals surface area (Å²) in [5.41, 5.74) is 3.49. The minimum atomic E-state index is -3.56. The topological polar surface area (TPSA) is 79.4 Å². The summed E-state index contributed by atoms with van der Waals surface area (Å²) >= 11 is 1.43. The Labute approximate surface area is 182 Å². The predicted octanol–water partition coefficient (Wildman–Crippen LogP) is 4.98. The lowest BCUT2D eigenvalue weighted by Crippen LogP contribution is -2.32. The molecule has 0 saturated heterocycles. The number of nitrogens with zero attached hydrogens (tertiary/aromatic N) is 2. The van der Waals surface area contributed by atoms with Crippen LogP contribution in [0, 0.1) is 13.8 Å². The maximum atomic E-state index is 12.9. The van der Waals surface area contributed by atoms with E-state index >= 15 is 0 Å². The minimum absolute atomic E-state index is 0.201. The molecule has 0 bridgehead atoms. The number of hydrogen-bond acceptors (Lipinski definition) is 5. The van der Waals surface area contributed by atoms with Gasteiger partial charge in [-0.1, -0.05) is 31.3 Å². The van der Waals surface area contributed by atoms with E-state index in [1.54, 1.807) is 12.1 Å². The normalized spacial score (nSPS) is 11.9. The lowest BCUT2D eigenvalue weighted by molar-refractivity contribution is 0.102. The number of sulfonamides is 1. The molecule has 0 fully saturated rings. The molecular weight excluding hydrogens is 418 g/mol. The Bertz CT molecular complexity index is 1150. The molecule has 160 valence electrons. The van der Waals surface area contributed by atoms with Crippen LogP contribution in [-0.4, -0.2) is 36.7 Å². The van der Waals surface area contributed by atoms with Crippen LogP contribution < -0.4 is 5.32 Å². The fourth-order valence-corrected chi connectivity index (χ4v) is 6.03. The molecule has 0 aliphatic heterocycles. The number of carbonyl (C=O) groups is 1. The van der Waals surface area contributed by atoms with Gasteiger partial charge in [0.25, 0.3) is 5.91 Å². The van der Waals surface area contributed by atoms with E-state index in [1.807, 2.05) is 33.8 Å². The zero-order chi connectivity index (χ0) is 21.9. The number of benzene rings is 2. The summed E-state index contributed by atoms with van der Waals surface area (Å²) in [6, 6.07) is 10.2. The molecule has 0 saturated carbocycles. The summed E-state index contributed by atoms with van der Waals surface area (Å²) in [6.07, 6.45) is 1.50. The Kier molecular flexibility index (Phi) is 6.90. The number of aryl methyl sites for hydroxylation is 2. The van der Waals surface area contributed by atoms with Crippen LogP contribution in [0.3, 0.4) is 0 Å². The summed E-state index contributed by atoms with van der Waals surface area (Å²) in [4.78, 5) is 17.4. The van der Waals surface area contributed by atoms with E-state index in [9.17, 15) is 13.2 Å². The van der Waals surface area contributed by atoms with Gasteiger partial charge in [0.15, 0.2) is 5.13 Å². The first-order valence-electron chi connectivity index (χ1n) is 10.1. The van der Waals surface area contributed by atoms with E-state index < -0.39 is 10.0 Å². The van der Waals surface area contributed by atoms with Crippen LogP contribution in [0.25, 0.3) is 10.2 Å². The molecule has 0 unspecified atom stereocenters. The van der Waals surface area contributed by atoms with Crippen molar-refractivity contribution in [3.8, 4) is 0 Å². The highest BCUT2D eigenvalue weighted by Gasteiger charge is 2.23. The molecule has 0 aliphatic carbocycles. The molecule has 1 heterocycles. The number of nitrogens with one attached hydrogen (secondary N) is 1. The molecule has 0 aliphatic rings. The number of hydrogen-bond donors (Lipinski definition) is 1. The van der Waals surface area contributed by atoms with Crippen molar-refractivity contribution < 1.29 is 13.2 Å². The highest BCUT2D eigenvalue weighted by Crippen LogP contribution is 2.29. The van der Waals surface area contributed by atoms with Gasteiger partial charge in [-0.3, -0.25) is 10.1 Å². The van der Waals surface area contributed by atoms with Gasteiger partial charge in [0.05, 0.1) is 15.1 Å². The van der Waals surface area contributed by atoms with Crippen molar-refractivity contribution in [1.29, 1.82) is 0 Å². The van der Waals surface area contributed by atoms with E-state index in [0.29, 0.717) is 23.8 Å². The molecule has 3 aromatic rings. The number of thiazole rings is 1. The Balaban J connectivity index is 1.79. The van der Waals surface area contributed by atoms with Gasteiger partial charge in [-0.25, -0.2) is 13.4 Å². The van der Waals surface area contributed by atoms with Gasteiger partial charge in [-0.2, -0.15) is 4.31 Å². The number of amides is 1. The molecular formula is C22H27N3O3S2. The van der Waals surface area contributed by atoms with E-state index in [0.717, 1.165) is 34.2 Å². The third kappa shape index (κ3) is 4.71. The molecule has 6 nitrogen and oxygen atoms in total. The standard InChI is InChI=1S/C22H27N3O3S2/c1-5-11-25(12-6-2)30(27,28)18-9-7-17(8-10-18)21(26)24-22-23-20-16(4)13-15(3)14-19(20)29-22/h7-10,13-14H,5-6,11-12H2,1-4H3,(H,23,24,26). The smallest absolute Gasteiger partial charge is 0.257 e. The zero-order valence-electron chi connectivity index (χ0n) is 17.7. The van der Waals surface area contributed by atoms with Crippen LogP contribution in [0.15, 0.2) is 41.3 Å². The fourth-order valence-electron chi connectivity index (χ4n) is 3.37. The molecule has 0 atom stereocenters. The first kappa shape index (κ1) is 22.4. The predicted molar refractivity (Wildman–Crippen MR) is 123 cm³/mol. The molecule has 0 spiro atoms. The SMILES string of the molecule is CCCN(CCC)S(=O)(=O)c1ccc(C(=O)Nc2nc3c(C)cc(C)cc3s2)cc1. The van der Waals surface area contributed by atoms with Crippen molar-refractivity contribution in [2.24, 2.45) is 0 Å². The largest absolute Gasteiger partial charge is 0.298 e. The molecule has 0 radical (unpaired) electrons. The summed E-state index contributed by atoms with van der Waals surface area (Å²) in [6.45, 7) is 8.90. The van der Waals surface area contributed by atoms with Crippen LogP contribution in [0.2, 0.25) is 0 Å². The van der Waals surface area contributed by atoms with Crippen LogP contribution in [0.1, 0.15) is 48.2 Å². The van der Waals surface area contributed by atoms with E-state index in [-0.39, 0.29) is 10.8 Å². The van der Waals surface area contributed by atoms with E-state index in [1.165, 1.54) is 27.8 Å². The number of fused-ring (bicyclic) bond motifs is 1. The summed E-state index contributed by atoms with van der Waals surface area (Å²) < 4.78 is 28.2. The highest BCUT2D eigenvalue weighted by molar-refractivity contribution is 7.89. The highest BCUT2D eigenvalue weighted by atomic mass is 32.2. The molecule has 1 N–H and O–H groups in total. The van der Waals surface area contributed by atoms with Crippen LogP contribution >= 0.6 is 11.3 Å². The number of anilines is 1. The molecule has 3 rings (SSSR count). The third-order valence-electron chi connectivity index (χ3n) is 4.75. The molecule has 2 aromatic carbocycles. The number of carbonyl (C=O) groups excluding carboxylic acids is 1. The van der Waals surface area contributed by atoms with Gasteiger partial charge < -0.3 is 0 Å². The minimum Gasteiger partial charge on any atom is -0.298 e. The summed E-state index contributed by atoms with van der Waals surface area (Å²) in [5, 5.41) is 3.35. The average Bonchev–Trinajstić information content (AvgIpc) is 3.10. The van der Waals surface area contributed by atoms with Gasteiger partial charge in [0.1, 0.15) is 0 Å². The molecule has 1 amide bonds. The van der Waals surface area contributed by atoms with Crippen LogP contribution in [-0.2, 0) is 10.0 Å². The molecule has 1 aromatic heterocycles. The van der Waals surface area contributed by atoms with Gasteiger partial charge in [0, 0.05) is 18.7 Å². The lowest BCUT2D eigenvalue weighted by atomic mass is 10.1. The second-order valence-corrected chi connectivity index (χ2v) is 10.3. The van der Waals surface area contributed by atoms with Crippen molar-refractivity contribution in [1.82, 2.24) is 9.29 Å². The molecule has 8 heteroatoms. The van der Waals surface area contributed by atoms with Gasteiger partial charge >= 0.3 is 0 Å². The van der Waals surface area contributed by atoms with Gasteiger partial charge in [-0.05, 0) is 68.1 Å². The Morgan fingerprint density at radius 3 is 2.30 bits per heavy atom. The van der Waals surface area contributed by atoms with Crippen LogP contribution in [0.4, 0.5) is 5.13 Å². The monoisotopic (exact) mass is 445 g/mol. The maximum absolute atomic E-state index is 12.9. The Morgan fingerprint density at radius 1 is 1.07 bits per heavy atom. The van der Waals surface area contributed by atoms with Crippen molar-refractivity contribution in [2.75, 3.05) is 18.4 Å².